The van der Waals surface area contributed by atoms with Gasteiger partial charge in [-0.1, -0.05) is 24.3 Å². The number of hydrogen-bond acceptors (Lipinski definition) is 6. The van der Waals surface area contributed by atoms with Gasteiger partial charge in [-0.2, -0.15) is 9.59 Å². The molecule has 2 aromatic heterocycles. The normalized spacial score (nSPS) is 12.6. The summed E-state index contributed by atoms with van der Waals surface area (Å²) in [6, 6.07) is 7.75. The van der Waals surface area contributed by atoms with Crippen molar-refractivity contribution in [2.75, 3.05) is 0 Å². The molecule has 0 N–H and O–H groups in total. The van der Waals surface area contributed by atoms with Crippen LogP contribution in [0.15, 0.2) is 24.3 Å². The molecule has 0 bridgehead atoms. The maximum Gasteiger partial charge on any atom is 0.205 e. The number of nitrogens with zero attached hydrogens (tertiary/aromatic N) is 8. The fraction of sp³-hybridized carbons (Fsp3) is 0.500. The van der Waals surface area contributed by atoms with Crippen molar-refractivity contribution in [1.82, 2.24) is 40.4 Å². The van der Waals surface area contributed by atoms with Crippen LogP contribution in [0.25, 0.3) is 22.8 Å². The zero-order valence-corrected chi connectivity index (χ0v) is 14.9. The van der Waals surface area contributed by atoms with Crippen LogP contribution >= 0.6 is 0 Å². The summed E-state index contributed by atoms with van der Waals surface area (Å²) >= 11 is 0. The highest BCUT2D eigenvalue weighted by atomic mass is 15.6. The van der Waals surface area contributed by atoms with Crippen LogP contribution in [-0.4, -0.2) is 40.4 Å². The maximum atomic E-state index is 4.51. The predicted molar refractivity (Wildman–Crippen MR) is 90.1 cm³/mol. The summed E-state index contributed by atoms with van der Waals surface area (Å²) in [7, 11) is 0. The Morgan fingerprint density at radius 1 is 0.667 bits per heavy atom. The Morgan fingerprint density at radius 2 is 1.04 bits per heavy atom. The van der Waals surface area contributed by atoms with Crippen molar-refractivity contribution in [2.45, 2.75) is 52.6 Å². The molecule has 24 heavy (non-hydrogen) atoms. The van der Waals surface area contributed by atoms with E-state index in [-0.39, 0.29) is 11.1 Å². The van der Waals surface area contributed by atoms with Crippen molar-refractivity contribution in [3.63, 3.8) is 0 Å². The second-order valence-corrected chi connectivity index (χ2v) is 7.69. The molecule has 0 aliphatic carbocycles. The average molecular weight is 326 g/mol. The van der Waals surface area contributed by atoms with E-state index < -0.39 is 0 Å². The van der Waals surface area contributed by atoms with Crippen molar-refractivity contribution < 1.29 is 0 Å². The molecular formula is C16H22N8. The molecule has 0 atom stereocenters. The van der Waals surface area contributed by atoms with E-state index in [0.717, 1.165) is 11.1 Å². The standard InChI is InChI=1S/C16H22N8/c1-15(2,3)23-19-13(17-21-23)11-9-7-8-10-12(11)14-18-22-24(20-14)16(4,5)6/h7-10H,1-6H3. The highest BCUT2D eigenvalue weighted by Crippen LogP contribution is 2.28. The second-order valence-electron chi connectivity index (χ2n) is 7.69. The first kappa shape index (κ1) is 16.2. The fourth-order valence-electron chi connectivity index (χ4n) is 2.09. The summed E-state index contributed by atoms with van der Waals surface area (Å²) in [4.78, 5) is 3.22. The minimum absolute atomic E-state index is 0.228. The van der Waals surface area contributed by atoms with E-state index in [4.69, 9.17) is 0 Å². The Labute approximate surface area is 140 Å². The zero-order chi connectivity index (χ0) is 17.5. The van der Waals surface area contributed by atoms with Gasteiger partial charge in [0, 0.05) is 11.1 Å². The number of aromatic nitrogens is 8. The zero-order valence-electron chi connectivity index (χ0n) is 14.9. The monoisotopic (exact) mass is 326 g/mol. The highest BCUT2D eigenvalue weighted by Gasteiger charge is 2.22. The lowest BCUT2D eigenvalue weighted by molar-refractivity contribution is 0.306. The van der Waals surface area contributed by atoms with Crippen LogP contribution in [0.4, 0.5) is 0 Å². The Balaban J connectivity index is 2.06. The molecule has 2 heterocycles. The van der Waals surface area contributed by atoms with Gasteiger partial charge in [0.1, 0.15) is 0 Å². The quantitative estimate of drug-likeness (QED) is 0.719. The molecule has 0 saturated heterocycles. The molecule has 0 unspecified atom stereocenters. The molecule has 1 aromatic carbocycles. The SMILES string of the molecule is CC(C)(C)n1nnc(-c2ccccc2-c2nnn(C(C)(C)C)n2)n1. The number of benzene rings is 1. The van der Waals surface area contributed by atoms with E-state index in [0.29, 0.717) is 11.6 Å². The van der Waals surface area contributed by atoms with E-state index in [9.17, 15) is 0 Å². The van der Waals surface area contributed by atoms with Gasteiger partial charge in [0.05, 0.1) is 11.1 Å². The van der Waals surface area contributed by atoms with Crippen molar-refractivity contribution in [3.05, 3.63) is 24.3 Å². The van der Waals surface area contributed by atoms with Gasteiger partial charge in [-0.05, 0) is 52.0 Å². The third kappa shape index (κ3) is 3.04. The minimum atomic E-state index is -0.228. The summed E-state index contributed by atoms with van der Waals surface area (Å²) in [5.41, 5.74) is 1.21. The summed E-state index contributed by atoms with van der Waals surface area (Å²) in [6.45, 7) is 12.2. The lowest BCUT2D eigenvalue weighted by Crippen LogP contribution is -2.24. The van der Waals surface area contributed by atoms with Crippen molar-refractivity contribution >= 4 is 0 Å². The van der Waals surface area contributed by atoms with Crippen molar-refractivity contribution in [2.24, 2.45) is 0 Å². The van der Waals surface area contributed by atoms with E-state index in [1.807, 2.05) is 65.8 Å². The van der Waals surface area contributed by atoms with E-state index in [2.05, 4.69) is 30.8 Å². The Bertz CT molecular complexity index is 776. The van der Waals surface area contributed by atoms with Crippen LogP contribution in [0.1, 0.15) is 41.5 Å². The largest absolute Gasteiger partial charge is 0.205 e. The number of tetrazole rings is 2. The topological polar surface area (TPSA) is 87.2 Å². The first-order chi connectivity index (χ1) is 11.2. The van der Waals surface area contributed by atoms with Crippen LogP contribution in [0.3, 0.4) is 0 Å². The Morgan fingerprint density at radius 3 is 1.33 bits per heavy atom. The van der Waals surface area contributed by atoms with Gasteiger partial charge in [0.15, 0.2) is 0 Å². The smallest absolute Gasteiger partial charge is 0.158 e. The minimum Gasteiger partial charge on any atom is -0.158 e. The molecule has 3 aromatic rings. The Kier molecular flexibility index (Phi) is 3.70. The van der Waals surface area contributed by atoms with Crippen molar-refractivity contribution in [1.29, 1.82) is 0 Å². The molecule has 8 nitrogen and oxygen atoms in total. The molecule has 0 fully saturated rings. The highest BCUT2D eigenvalue weighted by molar-refractivity contribution is 5.76. The summed E-state index contributed by atoms with van der Waals surface area (Å²) in [5, 5.41) is 25.7. The summed E-state index contributed by atoms with van der Waals surface area (Å²) in [6.07, 6.45) is 0. The number of rotatable bonds is 2. The molecule has 0 aliphatic rings. The van der Waals surface area contributed by atoms with Gasteiger partial charge in [-0.3, -0.25) is 0 Å². The molecule has 8 heteroatoms. The van der Waals surface area contributed by atoms with E-state index in [1.54, 1.807) is 9.59 Å². The van der Waals surface area contributed by atoms with E-state index in [1.165, 1.54) is 0 Å². The van der Waals surface area contributed by atoms with Gasteiger partial charge >= 0.3 is 0 Å². The molecule has 0 saturated carbocycles. The molecule has 3 rings (SSSR count). The van der Waals surface area contributed by atoms with Crippen LogP contribution in [0.2, 0.25) is 0 Å². The van der Waals surface area contributed by atoms with E-state index >= 15 is 0 Å². The van der Waals surface area contributed by atoms with Crippen LogP contribution in [0.5, 0.6) is 0 Å². The third-order valence-electron chi connectivity index (χ3n) is 3.44. The molecule has 0 radical (unpaired) electrons. The average Bonchev–Trinajstić information content (AvgIpc) is 3.16. The first-order valence-corrected chi connectivity index (χ1v) is 7.87. The van der Waals surface area contributed by atoms with Gasteiger partial charge in [0.25, 0.3) is 0 Å². The first-order valence-electron chi connectivity index (χ1n) is 7.87. The predicted octanol–water partition coefficient (Wildman–Crippen LogP) is 2.50. The van der Waals surface area contributed by atoms with Crippen LogP contribution in [-0.2, 0) is 11.1 Å². The molecule has 0 spiro atoms. The van der Waals surface area contributed by atoms with Gasteiger partial charge in [-0.25, -0.2) is 0 Å². The lowest BCUT2D eigenvalue weighted by Gasteiger charge is -2.15. The fourth-order valence-corrected chi connectivity index (χ4v) is 2.09. The van der Waals surface area contributed by atoms with Crippen molar-refractivity contribution in [3.8, 4) is 22.8 Å². The molecular weight excluding hydrogens is 304 g/mol. The van der Waals surface area contributed by atoms with Gasteiger partial charge in [-0.15, -0.1) is 20.4 Å². The second kappa shape index (κ2) is 5.47. The van der Waals surface area contributed by atoms with Crippen LogP contribution < -0.4 is 0 Å². The molecule has 0 amide bonds. The van der Waals surface area contributed by atoms with Gasteiger partial charge in [0.2, 0.25) is 11.6 Å². The van der Waals surface area contributed by atoms with Gasteiger partial charge < -0.3 is 0 Å². The summed E-state index contributed by atoms with van der Waals surface area (Å²) < 4.78 is 0. The summed E-state index contributed by atoms with van der Waals surface area (Å²) in [5.74, 6) is 1.10. The molecule has 126 valence electrons. The third-order valence-corrected chi connectivity index (χ3v) is 3.44. The number of hydrogen-bond donors (Lipinski definition) is 0. The molecule has 0 aliphatic heterocycles. The maximum absolute atomic E-state index is 4.51. The lowest BCUT2D eigenvalue weighted by atomic mass is 10.1. The van der Waals surface area contributed by atoms with Crippen LogP contribution in [0, 0.1) is 0 Å². The Hall–Kier alpha value is -2.64.